The molecule has 2 amide bonds. The molecule has 22 heavy (non-hydrogen) atoms. The van der Waals surface area contributed by atoms with Crippen LogP contribution in [0.2, 0.25) is 0 Å². The molecule has 0 spiro atoms. The Hall–Kier alpha value is -2.14. The fraction of sp³-hybridized carbons (Fsp3) is 0.176. The van der Waals surface area contributed by atoms with Gasteiger partial charge in [-0.3, -0.25) is 9.59 Å². The summed E-state index contributed by atoms with van der Waals surface area (Å²) in [6, 6.07) is 12.6. The van der Waals surface area contributed by atoms with Crippen LogP contribution >= 0.6 is 15.9 Å². The van der Waals surface area contributed by atoms with E-state index in [-0.39, 0.29) is 11.8 Å². The summed E-state index contributed by atoms with van der Waals surface area (Å²) in [7, 11) is 0. The van der Waals surface area contributed by atoms with Crippen molar-refractivity contribution in [1.82, 2.24) is 0 Å². The van der Waals surface area contributed by atoms with Crippen LogP contribution < -0.4 is 10.6 Å². The molecule has 2 rings (SSSR count). The van der Waals surface area contributed by atoms with E-state index >= 15 is 0 Å². The van der Waals surface area contributed by atoms with Crippen LogP contribution in [0.3, 0.4) is 0 Å². The van der Waals surface area contributed by atoms with Gasteiger partial charge in [0.25, 0.3) is 5.91 Å². The molecule has 0 fully saturated rings. The molecule has 2 N–H and O–H groups in total. The molecule has 0 aliphatic heterocycles. The van der Waals surface area contributed by atoms with Crippen molar-refractivity contribution in [3.8, 4) is 0 Å². The largest absolute Gasteiger partial charge is 0.326 e. The Kier molecular flexibility index (Phi) is 5.33. The van der Waals surface area contributed by atoms with Crippen LogP contribution in [-0.2, 0) is 4.79 Å². The molecule has 114 valence electrons. The van der Waals surface area contributed by atoms with Gasteiger partial charge >= 0.3 is 0 Å². The Bertz CT molecular complexity index is 714. The van der Waals surface area contributed by atoms with Crippen molar-refractivity contribution >= 4 is 39.1 Å². The number of hydrogen-bond donors (Lipinski definition) is 2. The highest BCUT2D eigenvalue weighted by atomic mass is 79.9. The number of carbonyl (C=O) groups is 2. The zero-order chi connectivity index (χ0) is 16.1. The lowest BCUT2D eigenvalue weighted by atomic mass is 10.1. The Morgan fingerprint density at radius 3 is 2.55 bits per heavy atom. The first-order chi connectivity index (χ1) is 10.5. The lowest BCUT2D eigenvalue weighted by Crippen LogP contribution is -2.14. The minimum absolute atomic E-state index is 0.0569. The lowest BCUT2D eigenvalue weighted by molar-refractivity contribution is -0.115. The Labute approximate surface area is 138 Å². The van der Waals surface area contributed by atoms with Crippen LogP contribution in [0, 0.1) is 6.92 Å². The summed E-state index contributed by atoms with van der Waals surface area (Å²) >= 11 is 3.34. The normalized spacial score (nSPS) is 10.1. The van der Waals surface area contributed by atoms with Gasteiger partial charge in [0, 0.05) is 27.8 Å². The number of rotatable bonds is 4. The third-order valence-corrected chi connectivity index (χ3v) is 3.67. The number of aryl methyl sites for hydroxylation is 1. The second kappa shape index (κ2) is 7.22. The molecule has 2 aromatic carbocycles. The highest BCUT2D eigenvalue weighted by molar-refractivity contribution is 9.10. The molecule has 4 nitrogen and oxygen atoms in total. The van der Waals surface area contributed by atoms with Crippen molar-refractivity contribution < 1.29 is 9.59 Å². The molecule has 0 unspecified atom stereocenters. The number of carbonyl (C=O) groups excluding carboxylic acids is 2. The van der Waals surface area contributed by atoms with Gasteiger partial charge in [-0.25, -0.2) is 0 Å². The molecule has 0 saturated carbocycles. The van der Waals surface area contributed by atoms with E-state index in [0.29, 0.717) is 23.4 Å². The molecular formula is C17H17BrN2O2. The van der Waals surface area contributed by atoms with Crippen LogP contribution in [-0.4, -0.2) is 11.8 Å². The molecule has 0 aliphatic rings. The third-order valence-electron chi connectivity index (χ3n) is 3.18. The minimum Gasteiger partial charge on any atom is -0.326 e. The molecule has 5 heteroatoms. The Balaban J connectivity index is 2.17. The number of anilines is 2. The van der Waals surface area contributed by atoms with E-state index in [0.717, 1.165) is 10.0 Å². The number of hydrogen-bond acceptors (Lipinski definition) is 2. The Morgan fingerprint density at radius 1 is 1.09 bits per heavy atom. The minimum atomic E-state index is -0.196. The van der Waals surface area contributed by atoms with E-state index in [2.05, 4.69) is 26.6 Å². The van der Waals surface area contributed by atoms with Crippen molar-refractivity contribution in [2.45, 2.75) is 20.3 Å². The maximum Gasteiger partial charge on any atom is 0.255 e. The average molecular weight is 361 g/mol. The quantitative estimate of drug-likeness (QED) is 0.850. The number of halogens is 1. The summed E-state index contributed by atoms with van der Waals surface area (Å²) in [4.78, 5) is 23.7. The van der Waals surface area contributed by atoms with Crippen molar-refractivity contribution in [2.24, 2.45) is 0 Å². The van der Waals surface area contributed by atoms with Gasteiger partial charge in [0.2, 0.25) is 5.91 Å². The second-order valence-corrected chi connectivity index (χ2v) is 5.81. The van der Waals surface area contributed by atoms with Gasteiger partial charge in [0.05, 0.1) is 0 Å². The van der Waals surface area contributed by atoms with Crippen LogP contribution in [0.15, 0.2) is 46.9 Å². The summed E-state index contributed by atoms with van der Waals surface area (Å²) in [5, 5.41) is 5.66. The van der Waals surface area contributed by atoms with Gasteiger partial charge in [-0.1, -0.05) is 35.0 Å². The van der Waals surface area contributed by atoms with Crippen LogP contribution in [0.4, 0.5) is 11.4 Å². The van der Waals surface area contributed by atoms with Crippen molar-refractivity contribution in [2.75, 3.05) is 10.6 Å². The monoisotopic (exact) mass is 360 g/mol. The molecule has 0 atom stereocenters. The fourth-order valence-electron chi connectivity index (χ4n) is 1.91. The van der Waals surface area contributed by atoms with Crippen molar-refractivity contribution in [1.29, 1.82) is 0 Å². The van der Waals surface area contributed by atoms with Crippen LogP contribution in [0.1, 0.15) is 29.3 Å². The van der Waals surface area contributed by atoms with Gasteiger partial charge in [-0.2, -0.15) is 0 Å². The van der Waals surface area contributed by atoms with Gasteiger partial charge in [-0.15, -0.1) is 0 Å². The molecule has 0 heterocycles. The van der Waals surface area contributed by atoms with E-state index in [9.17, 15) is 9.59 Å². The summed E-state index contributed by atoms with van der Waals surface area (Å²) in [5.74, 6) is -0.253. The maximum atomic E-state index is 12.2. The SMILES string of the molecule is CCC(=O)Nc1cc(NC(=O)c2cccc(Br)c2)ccc1C. The summed E-state index contributed by atoms with van der Waals surface area (Å²) in [5.41, 5.74) is 2.86. The molecule has 0 radical (unpaired) electrons. The zero-order valence-corrected chi connectivity index (χ0v) is 14.0. The number of amides is 2. The molecule has 0 saturated heterocycles. The van der Waals surface area contributed by atoms with E-state index < -0.39 is 0 Å². The highest BCUT2D eigenvalue weighted by Gasteiger charge is 2.09. The molecule has 0 bridgehead atoms. The van der Waals surface area contributed by atoms with Gasteiger partial charge in [0.15, 0.2) is 0 Å². The van der Waals surface area contributed by atoms with E-state index in [1.165, 1.54) is 0 Å². The summed E-state index contributed by atoms with van der Waals surface area (Å²) < 4.78 is 0.847. The van der Waals surface area contributed by atoms with Crippen molar-refractivity contribution in [3.05, 3.63) is 58.1 Å². The summed E-state index contributed by atoms with van der Waals surface area (Å²) in [6.07, 6.45) is 0.411. The first-order valence-electron chi connectivity index (χ1n) is 6.97. The zero-order valence-electron chi connectivity index (χ0n) is 12.4. The van der Waals surface area contributed by atoms with E-state index in [1.54, 1.807) is 31.2 Å². The van der Waals surface area contributed by atoms with Gasteiger partial charge < -0.3 is 10.6 Å². The van der Waals surface area contributed by atoms with Crippen LogP contribution in [0.25, 0.3) is 0 Å². The highest BCUT2D eigenvalue weighted by Crippen LogP contribution is 2.21. The molecular weight excluding hydrogens is 344 g/mol. The maximum absolute atomic E-state index is 12.2. The topological polar surface area (TPSA) is 58.2 Å². The number of nitrogens with one attached hydrogen (secondary N) is 2. The predicted molar refractivity (Wildman–Crippen MR) is 92.2 cm³/mol. The van der Waals surface area contributed by atoms with Crippen LogP contribution in [0.5, 0.6) is 0 Å². The van der Waals surface area contributed by atoms with Gasteiger partial charge in [-0.05, 0) is 42.8 Å². The standard InChI is InChI=1S/C17H17BrN2O2/c1-3-16(21)20-15-10-14(8-7-11(15)2)19-17(22)12-5-4-6-13(18)9-12/h4-10H,3H2,1-2H3,(H,19,22)(H,20,21). The first kappa shape index (κ1) is 16.2. The van der Waals surface area contributed by atoms with Gasteiger partial charge in [0.1, 0.15) is 0 Å². The molecule has 0 aromatic heterocycles. The van der Waals surface area contributed by atoms with Crippen molar-refractivity contribution in [3.63, 3.8) is 0 Å². The third kappa shape index (κ3) is 4.18. The average Bonchev–Trinajstić information content (AvgIpc) is 2.50. The smallest absolute Gasteiger partial charge is 0.255 e. The predicted octanol–water partition coefficient (Wildman–Crippen LogP) is 4.36. The second-order valence-electron chi connectivity index (χ2n) is 4.90. The van der Waals surface area contributed by atoms with E-state index in [1.807, 2.05) is 25.1 Å². The molecule has 0 aliphatic carbocycles. The first-order valence-corrected chi connectivity index (χ1v) is 7.76. The summed E-state index contributed by atoms with van der Waals surface area (Å²) in [6.45, 7) is 3.70. The fourth-order valence-corrected chi connectivity index (χ4v) is 2.31. The Morgan fingerprint density at radius 2 is 1.86 bits per heavy atom. The molecule has 2 aromatic rings. The van der Waals surface area contributed by atoms with E-state index in [4.69, 9.17) is 0 Å². The number of benzene rings is 2. The lowest BCUT2D eigenvalue weighted by Gasteiger charge is -2.11.